The van der Waals surface area contributed by atoms with E-state index in [1.165, 1.54) is 12.3 Å². The van der Waals surface area contributed by atoms with Gasteiger partial charge in [-0.25, -0.2) is 4.98 Å². The number of carbonyl (C=O) groups is 3. The minimum absolute atomic E-state index is 0.102. The van der Waals surface area contributed by atoms with E-state index in [-0.39, 0.29) is 11.6 Å². The first-order valence-corrected chi connectivity index (χ1v) is 6.41. The van der Waals surface area contributed by atoms with Gasteiger partial charge in [0.05, 0.1) is 0 Å². The monoisotopic (exact) mass is 293 g/mol. The Balaban J connectivity index is 1.90. The Bertz CT molecular complexity index is 634. The highest BCUT2D eigenvalue weighted by molar-refractivity contribution is 7.14. The zero-order valence-corrected chi connectivity index (χ0v) is 11.2. The molecule has 2 aromatic rings. The van der Waals surface area contributed by atoms with Crippen LogP contribution in [0.5, 0.6) is 0 Å². The van der Waals surface area contributed by atoms with Crippen LogP contribution in [0.4, 0.5) is 5.13 Å². The standard InChI is InChI=1S/C11H11N5O3S/c1-6(17)13-11-14-8(5-20-11)10(19)16-15-9(18)7-3-2-4-12-7/h2-5,12H,1H3,(H,15,18)(H,16,19)(H,13,14,17). The predicted molar refractivity (Wildman–Crippen MR) is 72.1 cm³/mol. The lowest BCUT2D eigenvalue weighted by atomic mass is 10.4. The topological polar surface area (TPSA) is 116 Å². The minimum Gasteiger partial charge on any atom is -0.357 e. The van der Waals surface area contributed by atoms with Gasteiger partial charge in [0.25, 0.3) is 11.8 Å². The second-order valence-corrected chi connectivity index (χ2v) is 4.57. The van der Waals surface area contributed by atoms with Crippen LogP contribution < -0.4 is 16.2 Å². The van der Waals surface area contributed by atoms with Gasteiger partial charge >= 0.3 is 0 Å². The fraction of sp³-hybridized carbons (Fsp3) is 0.0909. The number of hydrogen-bond donors (Lipinski definition) is 4. The zero-order valence-electron chi connectivity index (χ0n) is 10.4. The van der Waals surface area contributed by atoms with Crippen LogP contribution in [0.25, 0.3) is 0 Å². The summed E-state index contributed by atoms with van der Waals surface area (Å²) in [5, 5.41) is 4.25. The average Bonchev–Trinajstić information content (AvgIpc) is 3.05. The van der Waals surface area contributed by atoms with Gasteiger partial charge < -0.3 is 10.3 Å². The molecule has 20 heavy (non-hydrogen) atoms. The highest BCUT2D eigenvalue weighted by atomic mass is 32.1. The van der Waals surface area contributed by atoms with E-state index in [4.69, 9.17) is 0 Å². The summed E-state index contributed by atoms with van der Waals surface area (Å²) in [6.45, 7) is 1.34. The maximum atomic E-state index is 11.7. The van der Waals surface area contributed by atoms with Crippen LogP contribution in [0.15, 0.2) is 23.7 Å². The highest BCUT2D eigenvalue weighted by Crippen LogP contribution is 2.14. The lowest BCUT2D eigenvalue weighted by Crippen LogP contribution is -2.41. The number of amides is 3. The average molecular weight is 293 g/mol. The Morgan fingerprint density at radius 3 is 2.65 bits per heavy atom. The molecule has 0 unspecified atom stereocenters. The van der Waals surface area contributed by atoms with E-state index >= 15 is 0 Å². The molecule has 0 saturated heterocycles. The summed E-state index contributed by atoms with van der Waals surface area (Å²) in [6.07, 6.45) is 1.59. The van der Waals surface area contributed by atoms with E-state index in [1.807, 2.05) is 0 Å². The van der Waals surface area contributed by atoms with Crippen LogP contribution in [-0.2, 0) is 4.79 Å². The SMILES string of the molecule is CC(=O)Nc1nc(C(=O)NNC(=O)c2ccc[nH]2)cs1. The maximum absolute atomic E-state index is 11.7. The van der Waals surface area contributed by atoms with E-state index in [1.54, 1.807) is 18.3 Å². The Morgan fingerprint density at radius 1 is 1.25 bits per heavy atom. The number of carbonyl (C=O) groups excluding carboxylic acids is 3. The number of hydrogen-bond acceptors (Lipinski definition) is 5. The van der Waals surface area contributed by atoms with Crippen molar-refractivity contribution in [2.75, 3.05) is 5.32 Å². The Hall–Kier alpha value is -2.68. The zero-order chi connectivity index (χ0) is 14.5. The molecular weight excluding hydrogens is 282 g/mol. The summed E-state index contributed by atoms with van der Waals surface area (Å²) >= 11 is 1.12. The third-order valence-corrected chi connectivity index (χ3v) is 2.91. The van der Waals surface area contributed by atoms with Crippen molar-refractivity contribution >= 4 is 34.2 Å². The number of aromatic nitrogens is 2. The minimum atomic E-state index is -0.572. The number of aromatic amines is 1. The second-order valence-electron chi connectivity index (χ2n) is 3.71. The maximum Gasteiger partial charge on any atom is 0.289 e. The fourth-order valence-electron chi connectivity index (χ4n) is 1.30. The number of nitrogens with zero attached hydrogens (tertiary/aromatic N) is 1. The van der Waals surface area contributed by atoms with Crippen molar-refractivity contribution < 1.29 is 14.4 Å². The van der Waals surface area contributed by atoms with Crippen molar-refractivity contribution in [3.63, 3.8) is 0 Å². The molecule has 9 heteroatoms. The molecule has 8 nitrogen and oxygen atoms in total. The van der Waals surface area contributed by atoms with Gasteiger partial charge in [0.1, 0.15) is 11.4 Å². The molecule has 0 radical (unpaired) electrons. The summed E-state index contributed by atoms with van der Waals surface area (Å²) in [6, 6.07) is 3.23. The predicted octanol–water partition coefficient (Wildman–Crippen LogP) is 0.504. The molecule has 0 aliphatic heterocycles. The van der Waals surface area contributed by atoms with Gasteiger partial charge in [0.15, 0.2) is 5.13 Å². The molecular formula is C11H11N5O3S. The van der Waals surface area contributed by atoms with Gasteiger partial charge in [-0.1, -0.05) is 0 Å². The molecule has 0 aliphatic rings. The molecule has 0 fully saturated rings. The van der Waals surface area contributed by atoms with Crippen LogP contribution in [0, 0.1) is 0 Å². The molecule has 4 N–H and O–H groups in total. The van der Waals surface area contributed by atoms with Crippen LogP contribution in [0.3, 0.4) is 0 Å². The fourth-order valence-corrected chi connectivity index (χ4v) is 2.04. The van der Waals surface area contributed by atoms with Crippen molar-refractivity contribution in [3.8, 4) is 0 Å². The van der Waals surface area contributed by atoms with Crippen molar-refractivity contribution in [1.82, 2.24) is 20.8 Å². The van der Waals surface area contributed by atoms with Crippen LogP contribution in [0.1, 0.15) is 27.9 Å². The second kappa shape index (κ2) is 5.97. The summed E-state index contributed by atoms with van der Waals surface area (Å²) in [5.74, 6) is -1.32. The molecule has 2 aromatic heterocycles. The molecule has 0 spiro atoms. The van der Waals surface area contributed by atoms with Gasteiger partial charge in [0, 0.05) is 18.5 Å². The molecule has 0 aromatic carbocycles. The quantitative estimate of drug-likeness (QED) is 0.617. The molecule has 0 bridgehead atoms. The first kappa shape index (κ1) is 13.7. The number of rotatable bonds is 3. The van der Waals surface area contributed by atoms with Crippen molar-refractivity contribution in [3.05, 3.63) is 35.1 Å². The van der Waals surface area contributed by atoms with Gasteiger partial charge in [-0.05, 0) is 12.1 Å². The van der Waals surface area contributed by atoms with E-state index in [0.29, 0.717) is 10.8 Å². The third-order valence-electron chi connectivity index (χ3n) is 2.15. The Labute approximate surface area is 117 Å². The number of anilines is 1. The summed E-state index contributed by atoms with van der Waals surface area (Å²) in [7, 11) is 0. The summed E-state index contributed by atoms with van der Waals surface area (Å²) in [4.78, 5) is 40.7. The first-order chi connectivity index (χ1) is 9.56. The van der Waals surface area contributed by atoms with Crippen LogP contribution in [0.2, 0.25) is 0 Å². The van der Waals surface area contributed by atoms with Crippen molar-refractivity contribution in [2.24, 2.45) is 0 Å². The lowest BCUT2D eigenvalue weighted by Gasteiger charge is -2.04. The third kappa shape index (κ3) is 3.42. The van der Waals surface area contributed by atoms with Gasteiger partial charge in [0.2, 0.25) is 5.91 Å². The van der Waals surface area contributed by atoms with Gasteiger partial charge in [-0.3, -0.25) is 25.2 Å². The van der Waals surface area contributed by atoms with Crippen LogP contribution >= 0.6 is 11.3 Å². The number of hydrazine groups is 1. The summed E-state index contributed by atoms with van der Waals surface area (Å²) in [5.41, 5.74) is 4.89. The number of nitrogens with one attached hydrogen (secondary N) is 4. The van der Waals surface area contributed by atoms with E-state index in [9.17, 15) is 14.4 Å². The van der Waals surface area contributed by atoms with Crippen molar-refractivity contribution in [2.45, 2.75) is 6.92 Å². The molecule has 3 amide bonds. The van der Waals surface area contributed by atoms with E-state index in [0.717, 1.165) is 11.3 Å². The normalized spacial score (nSPS) is 9.85. The molecule has 0 atom stereocenters. The largest absolute Gasteiger partial charge is 0.357 e. The molecule has 104 valence electrons. The molecule has 2 heterocycles. The van der Waals surface area contributed by atoms with Gasteiger partial charge in [-0.2, -0.15) is 0 Å². The highest BCUT2D eigenvalue weighted by Gasteiger charge is 2.13. The molecule has 2 rings (SSSR count). The summed E-state index contributed by atoms with van der Waals surface area (Å²) < 4.78 is 0. The Kier molecular flexibility index (Phi) is 4.11. The Morgan fingerprint density at radius 2 is 2.00 bits per heavy atom. The molecule has 0 saturated carbocycles. The van der Waals surface area contributed by atoms with Gasteiger partial charge in [-0.15, -0.1) is 11.3 Å². The first-order valence-electron chi connectivity index (χ1n) is 5.53. The smallest absolute Gasteiger partial charge is 0.289 e. The van der Waals surface area contributed by atoms with Crippen molar-refractivity contribution in [1.29, 1.82) is 0 Å². The van der Waals surface area contributed by atoms with Crippen LogP contribution in [-0.4, -0.2) is 27.7 Å². The lowest BCUT2D eigenvalue weighted by molar-refractivity contribution is -0.114. The van der Waals surface area contributed by atoms with E-state index in [2.05, 4.69) is 26.1 Å². The number of thiazole rings is 1. The van der Waals surface area contributed by atoms with E-state index < -0.39 is 11.8 Å². The number of H-pyrrole nitrogens is 1. The molecule has 0 aliphatic carbocycles.